The van der Waals surface area contributed by atoms with Gasteiger partial charge in [-0.3, -0.25) is 0 Å². The van der Waals surface area contributed by atoms with Crippen LogP contribution in [-0.2, 0) is 0 Å². The molecule has 0 aromatic heterocycles. The SMILES string of the molecule is C=CCCC(C)(C)C1=C=C([Si](C)(C)C)C=C1. The second-order valence-corrected chi connectivity index (χ2v) is 11.3. The Kier molecular flexibility index (Phi) is 3.82. The third-order valence-corrected chi connectivity index (χ3v) is 5.10. The average molecular weight is 232 g/mol. The first kappa shape index (κ1) is 13.3. The molecule has 0 aliphatic heterocycles. The highest BCUT2D eigenvalue weighted by atomic mass is 28.3. The van der Waals surface area contributed by atoms with Crippen molar-refractivity contribution in [1.82, 2.24) is 0 Å². The smallest absolute Gasteiger partial charge is 0.0875 e. The molecular formula is C15H24Si. The molecule has 16 heavy (non-hydrogen) atoms. The molecular weight excluding hydrogens is 208 g/mol. The van der Waals surface area contributed by atoms with Crippen LogP contribution in [0.2, 0.25) is 19.6 Å². The normalized spacial score (nSPS) is 16.1. The van der Waals surface area contributed by atoms with Crippen LogP contribution in [0.1, 0.15) is 26.7 Å². The molecule has 0 fully saturated rings. The van der Waals surface area contributed by atoms with E-state index in [0.717, 1.165) is 12.8 Å². The molecule has 0 spiro atoms. The van der Waals surface area contributed by atoms with Gasteiger partial charge in [0.2, 0.25) is 0 Å². The highest BCUT2D eigenvalue weighted by molar-refractivity contribution is 6.83. The van der Waals surface area contributed by atoms with E-state index in [0.29, 0.717) is 0 Å². The Hall–Kier alpha value is -0.783. The molecule has 88 valence electrons. The molecule has 0 heterocycles. The Morgan fingerprint density at radius 1 is 1.31 bits per heavy atom. The van der Waals surface area contributed by atoms with Crippen molar-refractivity contribution in [3.05, 3.63) is 41.3 Å². The molecule has 0 radical (unpaired) electrons. The molecule has 0 atom stereocenters. The first-order valence-electron chi connectivity index (χ1n) is 6.08. The lowest BCUT2D eigenvalue weighted by Gasteiger charge is -2.23. The van der Waals surface area contributed by atoms with Crippen LogP contribution in [0.3, 0.4) is 0 Å². The Balaban J connectivity index is 2.95. The summed E-state index contributed by atoms with van der Waals surface area (Å²) in [6.45, 7) is 15.5. The van der Waals surface area contributed by atoms with Gasteiger partial charge in [0.15, 0.2) is 0 Å². The summed E-state index contributed by atoms with van der Waals surface area (Å²) < 4.78 is 0. The Morgan fingerprint density at radius 2 is 1.94 bits per heavy atom. The summed E-state index contributed by atoms with van der Waals surface area (Å²) in [5.74, 6) is 0. The van der Waals surface area contributed by atoms with E-state index in [2.05, 4.69) is 58.0 Å². The molecule has 1 heteroatoms. The number of rotatable bonds is 5. The van der Waals surface area contributed by atoms with Crippen molar-refractivity contribution in [1.29, 1.82) is 0 Å². The summed E-state index contributed by atoms with van der Waals surface area (Å²) in [5, 5.41) is 1.45. The van der Waals surface area contributed by atoms with E-state index in [-0.39, 0.29) is 5.41 Å². The van der Waals surface area contributed by atoms with Gasteiger partial charge in [-0.25, -0.2) is 0 Å². The van der Waals surface area contributed by atoms with Crippen molar-refractivity contribution >= 4 is 8.07 Å². The highest BCUT2D eigenvalue weighted by Gasteiger charge is 2.26. The zero-order valence-corrected chi connectivity index (χ0v) is 12.4. The second kappa shape index (κ2) is 4.61. The molecule has 0 aromatic rings. The summed E-state index contributed by atoms with van der Waals surface area (Å²) in [6.07, 6.45) is 8.77. The van der Waals surface area contributed by atoms with E-state index in [1.165, 1.54) is 10.8 Å². The van der Waals surface area contributed by atoms with Crippen LogP contribution in [0.15, 0.2) is 41.3 Å². The summed E-state index contributed by atoms with van der Waals surface area (Å²) >= 11 is 0. The molecule has 0 amide bonds. The Labute approximate surface area is 101 Å². The Morgan fingerprint density at radius 3 is 2.38 bits per heavy atom. The van der Waals surface area contributed by atoms with Crippen molar-refractivity contribution in [2.75, 3.05) is 0 Å². The second-order valence-electron chi connectivity index (χ2n) is 6.25. The predicted molar refractivity (Wildman–Crippen MR) is 76.2 cm³/mol. The first-order chi connectivity index (χ1) is 7.27. The standard InChI is InChI=1S/C15H24Si/c1-7-8-11-15(2,3)13-9-10-14(12-13)16(4,5)6/h7,9-10H,1,8,11H2,2-6H3. The van der Waals surface area contributed by atoms with Gasteiger partial charge in [-0.1, -0.05) is 51.7 Å². The Bertz CT molecular complexity index is 369. The van der Waals surface area contributed by atoms with Gasteiger partial charge in [0.05, 0.1) is 8.07 Å². The van der Waals surface area contributed by atoms with E-state index in [1.807, 2.05) is 6.08 Å². The quantitative estimate of drug-likeness (QED) is 0.360. The number of hydrogen-bond donors (Lipinski definition) is 0. The largest absolute Gasteiger partial charge is 0.118 e. The van der Waals surface area contributed by atoms with E-state index < -0.39 is 8.07 Å². The topological polar surface area (TPSA) is 0 Å². The molecule has 0 saturated heterocycles. The van der Waals surface area contributed by atoms with Gasteiger partial charge in [0.25, 0.3) is 0 Å². The van der Waals surface area contributed by atoms with Crippen LogP contribution in [-0.4, -0.2) is 8.07 Å². The van der Waals surface area contributed by atoms with E-state index >= 15 is 0 Å². The minimum absolute atomic E-state index is 0.228. The summed E-state index contributed by atoms with van der Waals surface area (Å²) in [6, 6.07) is 0. The lowest BCUT2D eigenvalue weighted by molar-refractivity contribution is 0.423. The predicted octanol–water partition coefficient (Wildman–Crippen LogP) is 4.88. The molecule has 0 aromatic carbocycles. The van der Waals surface area contributed by atoms with Crippen molar-refractivity contribution in [2.24, 2.45) is 5.41 Å². The van der Waals surface area contributed by atoms with Gasteiger partial charge < -0.3 is 0 Å². The number of hydrogen-bond acceptors (Lipinski definition) is 0. The zero-order valence-electron chi connectivity index (χ0n) is 11.4. The van der Waals surface area contributed by atoms with E-state index in [4.69, 9.17) is 0 Å². The fraction of sp³-hybridized carbons (Fsp3) is 0.533. The molecule has 0 saturated carbocycles. The molecule has 1 aliphatic rings. The van der Waals surface area contributed by atoms with Gasteiger partial charge in [0.1, 0.15) is 0 Å². The third-order valence-electron chi connectivity index (χ3n) is 3.20. The fourth-order valence-corrected chi connectivity index (χ4v) is 2.92. The molecule has 0 unspecified atom stereocenters. The van der Waals surface area contributed by atoms with Crippen molar-refractivity contribution in [2.45, 2.75) is 46.3 Å². The van der Waals surface area contributed by atoms with Crippen molar-refractivity contribution in [3.63, 3.8) is 0 Å². The van der Waals surface area contributed by atoms with Crippen LogP contribution in [0.25, 0.3) is 0 Å². The molecule has 0 bridgehead atoms. The summed E-state index contributed by atoms with van der Waals surface area (Å²) in [4.78, 5) is 0. The van der Waals surface area contributed by atoms with Gasteiger partial charge in [-0.2, -0.15) is 0 Å². The van der Waals surface area contributed by atoms with Crippen LogP contribution in [0, 0.1) is 5.41 Å². The summed E-state index contributed by atoms with van der Waals surface area (Å²) in [5.41, 5.74) is 5.23. The van der Waals surface area contributed by atoms with Gasteiger partial charge in [0, 0.05) is 0 Å². The van der Waals surface area contributed by atoms with Crippen LogP contribution < -0.4 is 0 Å². The lowest BCUT2D eigenvalue weighted by Crippen LogP contribution is -2.21. The van der Waals surface area contributed by atoms with Crippen molar-refractivity contribution in [3.8, 4) is 0 Å². The molecule has 1 aliphatic carbocycles. The van der Waals surface area contributed by atoms with Crippen LogP contribution >= 0.6 is 0 Å². The average Bonchev–Trinajstić information content (AvgIpc) is 2.63. The first-order valence-corrected chi connectivity index (χ1v) is 9.58. The van der Waals surface area contributed by atoms with E-state index in [9.17, 15) is 0 Å². The van der Waals surface area contributed by atoms with E-state index in [1.54, 1.807) is 0 Å². The molecule has 0 N–H and O–H groups in total. The monoisotopic (exact) mass is 232 g/mol. The number of allylic oxidation sites excluding steroid dienone is 4. The van der Waals surface area contributed by atoms with Crippen LogP contribution in [0.5, 0.6) is 0 Å². The zero-order chi connectivity index (χ0) is 12.4. The molecule has 1 rings (SSSR count). The lowest BCUT2D eigenvalue weighted by atomic mass is 9.81. The molecule has 0 nitrogen and oxygen atoms in total. The minimum Gasteiger partial charge on any atom is -0.118 e. The third kappa shape index (κ3) is 3.10. The van der Waals surface area contributed by atoms with Gasteiger partial charge >= 0.3 is 0 Å². The maximum absolute atomic E-state index is 3.80. The minimum atomic E-state index is -1.20. The van der Waals surface area contributed by atoms with Crippen molar-refractivity contribution < 1.29 is 0 Å². The summed E-state index contributed by atoms with van der Waals surface area (Å²) in [7, 11) is -1.20. The fourth-order valence-electron chi connectivity index (χ4n) is 1.82. The van der Waals surface area contributed by atoms with Gasteiger partial charge in [-0.05, 0) is 29.0 Å². The highest BCUT2D eigenvalue weighted by Crippen LogP contribution is 2.35. The van der Waals surface area contributed by atoms with Gasteiger partial charge in [-0.15, -0.1) is 12.3 Å². The maximum atomic E-state index is 3.80. The van der Waals surface area contributed by atoms with Crippen LogP contribution in [0.4, 0.5) is 0 Å². The maximum Gasteiger partial charge on any atom is 0.0875 e.